The summed E-state index contributed by atoms with van der Waals surface area (Å²) >= 11 is 0. The van der Waals surface area contributed by atoms with Crippen molar-refractivity contribution in [2.45, 2.75) is 25.9 Å². The molecule has 0 radical (unpaired) electrons. The second-order valence-corrected chi connectivity index (χ2v) is 9.48. The number of rotatable bonds is 9. The van der Waals surface area contributed by atoms with Crippen molar-refractivity contribution < 1.29 is 22.7 Å². The van der Waals surface area contributed by atoms with Gasteiger partial charge in [-0.25, -0.2) is 8.42 Å². The topological polar surface area (TPSA) is 84.9 Å². The highest BCUT2D eigenvalue weighted by Crippen LogP contribution is 2.28. The van der Waals surface area contributed by atoms with E-state index in [0.717, 1.165) is 16.1 Å². The van der Waals surface area contributed by atoms with Crippen LogP contribution >= 0.6 is 0 Å². The monoisotopic (exact) mass is 468 g/mol. The first-order chi connectivity index (χ1) is 15.7. The third kappa shape index (κ3) is 6.04. The van der Waals surface area contributed by atoms with Gasteiger partial charge in [-0.1, -0.05) is 36.4 Å². The first-order valence-corrected chi connectivity index (χ1v) is 12.3. The molecule has 0 spiro atoms. The molecule has 0 unspecified atom stereocenters. The Morgan fingerprint density at radius 2 is 1.45 bits per heavy atom. The highest BCUT2D eigenvalue weighted by atomic mass is 32.2. The number of nitrogens with one attached hydrogen (secondary N) is 1. The summed E-state index contributed by atoms with van der Waals surface area (Å²) in [6.07, 6.45) is 1.08. The normalized spacial score (nSPS) is 13.0. The highest BCUT2D eigenvalue weighted by molar-refractivity contribution is 7.92. The molecule has 33 heavy (non-hydrogen) atoms. The standard InChI is InChI=1S/C25H28N2O5S/c1-18(23-12-8-9-13-24(23)31-3)26-25(28)19(2)27(33(4,29)30)20-14-16-22(17-15-20)32-21-10-6-5-7-11-21/h5-19H,1-4H3,(H,26,28)/t18-,19-/m1/s1. The Morgan fingerprint density at radius 3 is 2.06 bits per heavy atom. The predicted molar refractivity (Wildman–Crippen MR) is 129 cm³/mol. The van der Waals surface area contributed by atoms with Crippen molar-refractivity contribution in [3.63, 3.8) is 0 Å². The number of amides is 1. The number of benzene rings is 3. The Morgan fingerprint density at radius 1 is 0.879 bits per heavy atom. The maximum absolute atomic E-state index is 13.0. The SMILES string of the molecule is COc1ccccc1[C@@H](C)NC(=O)[C@@H](C)N(c1ccc(Oc2ccccc2)cc1)S(C)(=O)=O. The zero-order valence-corrected chi connectivity index (χ0v) is 19.9. The van der Waals surface area contributed by atoms with Crippen molar-refractivity contribution in [3.8, 4) is 17.2 Å². The number of carbonyl (C=O) groups is 1. The van der Waals surface area contributed by atoms with Gasteiger partial charge in [0.25, 0.3) is 0 Å². The fourth-order valence-electron chi connectivity index (χ4n) is 3.53. The van der Waals surface area contributed by atoms with Gasteiger partial charge in [0.1, 0.15) is 23.3 Å². The number of sulfonamides is 1. The van der Waals surface area contributed by atoms with E-state index in [1.165, 1.54) is 0 Å². The van der Waals surface area contributed by atoms with Crippen LogP contribution in [-0.2, 0) is 14.8 Å². The van der Waals surface area contributed by atoms with Gasteiger partial charge in [-0.2, -0.15) is 0 Å². The smallest absolute Gasteiger partial charge is 0.244 e. The van der Waals surface area contributed by atoms with Crippen LogP contribution in [0, 0.1) is 0 Å². The second kappa shape index (κ2) is 10.4. The van der Waals surface area contributed by atoms with Gasteiger partial charge in [0.15, 0.2) is 0 Å². The fourth-order valence-corrected chi connectivity index (χ4v) is 4.71. The molecule has 7 nitrogen and oxygen atoms in total. The largest absolute Gasteiger partial charge is 0.496 e. The van der Waals surface area contributed by atoms with Crippen molar-refractivity contribution in [1.82, 2.24) is 5.32 Å². The van der Waals surface area contributed by atoms with Crippen LogP contribution in [-0.4, -0.2) is 33.7 Å². The van der Waals surface area contributed by atoms with Crippen LogP contribution in [0.5, 0.6) is 17.2 Å². The summed E-state index contributed by atoms with van der Waals surface area (Å²) in [5.41, 5.74) is 1.17. The molecule has 8 heteroatoms. The molecule has 0 saturated heterocycles. The number of ether oxygens (including phenoxy) is 2. The van der Waals surface area contributed by atoms with Crippen LogP contribution in [0.4, 0.5) is 5.69 Å². The number of para-hydroxylation sites is 2. The van der Waals surface area contributed by atoms with Gasteiger partial charge in [-0.3, -0.25) is 9.10 Å². The average Bonchev–Trinajstić information content (AvgIpc) is 2.80. The number of carbonyl (C=O) groups excluding carboxylic acids is 1. The summed E-state index contributed by atoms with van der Waals surface area (Å²) in [5, 5.41) is 2.89. The molecule has 0 heterocycles. The summed E-state index contributed by atoms with van der Waals surface area (Å²) in [4.78, 5) is 13.0. The Balaban J connectivity index is 1.78. The van der Waals surface area contributed by atoms with E-state index in [4.69, 9.17) is 9.47 Å². The minimum Gasteiger partial charge on any atom is -0.496 e. The van der Waals surface area contributed by atoms with Gasteiger partial charge < -0.3 is 14.8 Å². The minimum absolute atomic E-state index is 0.366. The summed E-state index contributed by atoms with van der Waals surface area (Å²) in [5.74, 6) is 1.44. The summed E-state index contributed by atoms with van der Waals surface area (Å²) in [6.45, 7) is 3.38. The molecule has 0 bridgehead atoms. The van der Waals surface area contributed by atoms with Crippen LogP contribution < -0.4 is 19.1 Å². The van der Waals surface area contributed by atoms with E-state index in [-0.39, 0.29) is 6.04 Å². The van der Waals surface area contributed by atoms with Crippen molar-refractivity contribution in [2.75, 3.05) is 17.7 Å². The van der Waals surface area contributed by atoms with Gasteiger partial charge in [-0.15, -0.1) is 0 Å². The molecular formula is C25H28N2O5S. The van der Waals surface area contributed by atoms with Gasteiger partial charge in [0.2, 0.25) is 15.9 Å². The van der Waals surface area contributed by atoms with Crippen LogP contribution in [0.3, 0.4) is 0 Å². The van der Waals surface area contributed by atoms with Crippen molar-refractivity contribution in [1.29, 1.82) is 0 Å². The van der Waals surface area contributed by atoms with Gasteiger partial charge in [0.05, 0.1) is 25.1 Å². The molecule has 0 saturated carbocycles. The quantitative estimate of drug-likeness (QED) is 0.499. The van der Waals surface area contributed by atoms with E-state index in [2.05, 4.69) is 5.32 Å². The number of nitrogens with zero attached hydrogens (tertiary/aromatic N) is 1. The fraction of sp³-hybridized carbons (Fsp3) is 0.240. The molecular weight excluding hydrogens is 440 g/mol. The Labute approximate surface area is 195 Å². The molecule has 1 amide bonds. The van der Waals surface area contributed by atoms with E-state index in [0.29, 0.717) is 22.9 Å². The first kappa shape index (κ1) is 24.1. The molecule has 1 N–H and O–H groups in total. The van der Waals surface area contributed by atoms with Crippen molar-refractivity contribution in [2.24, 2.45) is 0 Å². The van der Waals surface area contributed by atoms with Crippen LogP contribution in [0.25, 0.3) is 0 Å². The molecule has 0 fully saturated rings. The molecule has 0 aromatic heterocycles. The summed E-state index contributed by atoms with van der Waals surface area (Å²) < 4.78 is 37.4. The van der Waals surface area contributed by atoms with Crippen LogP contribution in [0.2, 0.25) is 0 Å². The van der Waals surface area contributed by atoms with E-state index in [1.807, 2.05) is 61.5 Å². The zero-order valence-electron chi connectivity index (χ0n) is 19.1. The van der Waals surface area contributed by atoms with Crippen LogP contribution in [0.15, 0.2) is 78.9 Å². The molecule has 0 aliphatic rings. The lowest BCUT2D eigenvalue weighted by Gasteiger charge is -2.29. The molecule has 174 valence electrons. The van der Waals surface area contributed by atoms with E-state index in [1.54, 1.807) is 38.3 Å². The Hall–Kier alpha value is -3.52. The number of hydrogen-bond acceptors (Lipinski definition) is 5. The maximum atomic E-state index is 13.0. The van der Waals surface area contributed by atoms with E-state index < -0.39 is 22.0 Å². The Kier molecular flexibility index (Phi) is 7.60. The first-order valence-electron chi connectivity index (χ1n) is 10.5. The number of methoxy groups -OCH3 is 1. The Bertz CT molecular complexity index is 1180. The zero-order chi connectivity index (χ0) is 24.0. The predicted octanol–water partition coefficient (Wildman–Crippen LogP) is 4.52. The lowest BCUT2D eigenvalue weighted by atomic mass is 10.1. The van der Waals surface area contributed by atoms with Crippen molar-refractivity contribution in [3.05, 3.63) is 84.4 Å². The minimum atomic E-state index is -3.74. The summed E-state index contributed by atoms with van der Waals surface area (Å²) in [7, 11) is -2.18. The summed E-state index contributed by atoms with van der Waals surface area (Å²) in [6, 6.07) is 21.9. The van der Waals surface area contributed by atoms with Gasteiger partial charge in [-0.05, 0) is 56.3 Å². The lowest BCUT2D eigenvalue weighted by Crippen LogP contribution is -2.48. The molecule has 3 aromatic carbocycles. The van der Waals surface area contributed by atoms with E-state index in [9.17, 15) is 13.2 Å². The molecule has 0 aliphatic carbocycles. The lowest BCUT2D eigenvalue weighted by molar-refractivity contribution is -0.122. The van der Waals surface area contributed by atoms with Gasteiger partial charge in [0, 0.05) is 5.56 Å². The molecule has 0 aliphatic heterocycles. The third-order valence-electron chi connectivity index (χ3n) is 5.12. The third-order valence-corrected chi connectivity index (χ3v) is 6.36. The van der Waals surface area contributed by atoms with Crippen LogP contribution in [0.1, 0.15) is 25.5 Å². The van der Waals surface area contributed by atoms with Gasteiger partial charge >= 0.3 is 0 Å². The van der Waals surface area contributed by atoms with E-state index >= 15 is 0 Å². The average molecular weight is 469 g/mol. The maximum Gasteiger partial charge on any atom is 0.244 e. The number of anilines is 1. The second-order valence-electron chi connectivity index (χ2n) is 7.62. The molecule has 3 rings (SSSR count). The van der Waals surface area contributed by atoms with Crippen molar-refractivity contribution >= 4 is 21.6 Å². The molecule has 3 aromatic rings. The highest BCUT2D eigenvalue weighted by Gasteiger charge is 2.30. The number of hydrogen-bond donors (Lipinski definition) is 1. The molecule has 2 atom stereocenters.